The van der Waals surface area contributed by atoms with Crippen LogP contribution in [-0.2, 0) is 0 Å². The first-order chi connectivity index (χ1) is 11.8. The molecule has 3 aromatic rings. The Labute approximate surface area is 144 Å². The van der Waals surface area contributed by atoms with Crippen LogP contribution in [0.4, 0.5) is 11.4 Å². The molecule has 2 heterocycles. The normalized spacial score (nSPS) is 11.3. The summed E-state index contributed by atoms with van der Waals surface area (Å²) in [6.07, 6.45) is 3.27. The topological polar surface area (TPSA) is 107 Å². The van der Waals surface area contributed by atoms with E-state index in [1.807, 2.05) is 20.8 Å². The highest BCUT2D eigenvalue weighted by Gasteiger charge is 2.21. The van der Waals surface area contributed by atoms with Gasteiger partial charge in [-0.15, -0.1) is 0 Å². The molecule has 0 bridgehead atoms. The minimum Gasteiger partial charge on any atom is -0.375 e. The number of rotatable bonds is 4. The predicted molar refractivity (Wildman–Crippen MR) is 93.0 cm³/mol. The van der Waals surface area contributed by atoms with Gasteiger partial charge < -0.3 is 9.84 Å². The lowest BCUT2D eigenvalue weighted by atomic mass is 10.1. The summed E-state index contributed by atoms with van der Waals surface area (Å²) in [5.41, 5.74) is 1.28. The van der Waals surface area contributed by atoms with Gasteiger partial charge in [-0.25, -0.2) is 0 Å². The summed E-state index contributed by atoms with van der Waals surface area (Å²) >= 11 is 0. The van der Waals surface area contributed by atoms with Crippen molar-refractivity contribution in [3.05, 3.63) is 52.8 Å². The fourth-order valence-corrected chi connectivity index (χ4v) is 2.28. The van der Waals surface area contributed by atoms with Crippen molar-refractivity contribution < 1.29 is 9.45 Å². The van der Waals surface area contributed by atoms with Crippen molar-refractivity contribution in [1.29, 1.82) is 0 Å². The lowest BCUT2D eigenvalue weighted by molar-refractivity contribution is -0.383. The van der Waals surface area contributed by atoms with E-state index in [2.05, 4.69) is 20.4 Å². The molecule has 0 saturated carbocycles. The fourth-order valence-electron chi connectivity index (χ4n) is 2.28. The number of hydrogen-bond acceptors (Lipinski definition) is 7. The van der Waals surface area contributed by atoms with Crippen molar-refractivity contribution in [3.8, 4) is 22.8 Å². The fraction of sp³-hybridized carbons (Fsp3) is 0.235. The molecule has 0 amide bonds. The molecule has 0 atom stereocenters. The smallest absolute Gasteiger partial charge is 0.293 e. The van der Waals surface area contributed by atoms with E-state index in [-0.39, 0.29) is 17.1 Å². The van der Waals surface area contributed by atoms with Gasteiger partial charge in [0.05, 0.1) is 4.92 Å². The molecular weight excluding hydrogens is 322 g/mol. The number of aromatic nitrogens is 3. The summed E-state index contributed by atoms with van der Waals surface area (Å²) in [6, 6.07) is 8.35. The van der Waals surface area contributed by atoms with Crippen LogP contribution < -0.4 is 5.32 Å². The molecule has 8 nitrogen and oxygen atoms in total. The number of pyridine rings is 1. The molecule has 0 unspecified atom stereocenters. The minimum absolute atomic E-state index is 0.0476. The SMILES string of the molecule is CC(C)(C)Nc1ccc(-c2nc(-c3cccnc3)no2)cc1[N+](=O)[O-]. The second-order valence-electron chi connectivity index (χ2n) is 6.53. The largest absolute Gasteiger partial charge is 0.375 e. The predicted octanol–water partition coefficient (Wildman–Crippen LogP) is 3.92. The first-order valence-electron chi connectivity index (χ1n) is 7.64. The first-order valence-corrected chi connectivity index (χ1v) is 7.64. The molecule has 1 N–H and O–H groups in total. The van der Waals surface area contributed by atoms with Crippen molar-refractivity contribution in [3.63, 3.8) is 0 Å². The van der Waals surface area contributed by atoms with E-state index < -0.39 is 4.92 Å². The highest BCUT2D eigenvalue weighted by Crippen LogP contribution is 2.32. The van der Waals surface area contributed by atoms with Crippen LogP contribution in [0.3, 0.4) is 0 Å². The molecule has 8 heteroatoms. The third-order valence-electron chi connectivity index (χ3n) is 3.30. The minimum atomic E-state index is -0.435. The van der Waals surface area contributed by atoms with E-state index in [0.29, 0.717) is 22.6 Å². The highest BCUT2D eigenvalue weighted by molar-refractivity contribution is 5.71. The maximum Gasteiger partial charge on any atom is 0.293 e. The van der Waals surface area contributed by atoms with Crippen molar-refractivity contribution in [2.45, 2.75) is 26.3 Å². The summed E-state index contributed by atoms with van der Waals surface area (Å²) in [7, 11) is 0. The molecule has 25 heavy (non-hydrogen) atoms. The number of benzene rings is 1. The summed E-state index contributed by atoms with van der Waals surface area (Å²) in [5, 5.41) is 18.4. The van der Waals surface area contributed by atoms with E-state index in [1.54, 1.807) is 36.7 Å². The molecule has 0 aliphatic carbocycles. The third-order valence-corrected chi connectivity index (χ3v) is 3.30. The van der Waals surface area contributed by atoms with Gasteiger partial charge >= 0.3 is 0 Å². The number of nitrogens with one attached hydrogen (secondary N) is 1. The highest BCUT2D eigenvalue weighted by atomic mass is 16.6. The zero-order valence-corrected chi connectivity index (χ0v) is 14.1. The van der Waals surface area contributed by atoms with Crippen LogP contribution in [0.5, 0.6) is 0 Å². The summed E-state index contributed by atoms with van der Waals surface area (Å²) < 4.78 is 5.25. The van der Waals surface area contributed by atoms with Crippen LogP contribution in [0.2, 0.25) is 0 Å². The van der Waals surface area contributed by atoms with Crippen molar-refractivity contribution >= 4 is 11.4 Å². The molecular formula is C17H17N5O3. The van der Waals surface area contributed by atoms with Crippen LogP contribution in [0.15, 0.2) is 47.2 Å². The molecule has 0 saturated heterocycles. The van der Waals surface area contributed by atoms with Crippen LogP contribution in [0.1, 0.15) is 20.8 Å². The van der Waals surface area contributed by atoms with Gasteiger partial charge in [-0.2, -0.15) is 4.98 Å². The number of anilines is 1. The van der Waals surface area contributed by atoms with Gasteiger partial charge in [-0.05, 0) is 45.0 Å². The van der Waals surface area contributed by atoms with Gasteiger partial charge in [0.25, 0.3) is 11.6 Å². The zero-order valence-electron chi connectivity index (χ0n) is 14.1. The standard InChI is InChI=1S/C17H17N5O3/c1-17(2,3)20-13-7-6-11(9-14(13)22(23)24)16-19-15(21-25-16)12-5-4-8-18-10-12/h4-10,20H,1-3H3. The Kier molecular flexibility index (Phi) is 4.18. The number of nitro benzene ring substituents is 1. The number of nitrogens with zero attached hydrogens (tertiary/aromatic N) is 4. The van der Waals surface area contributed by atoms with Gasteiger partial charge in [0.2, 0.25) is 5.82 Å². The molecule has 0 radical (unpaired) electrons. The summed E-state index contributed by atoms with van der Waals surface area (Å²) in [6.45, 7) is 5.80. The average molecular weight is 339 g/mol. The van der Waals surface area contributed by atoms with Gasteiger partial charge in [0.1, 0.15) is 5.69 Å². The Morgan fingerprint density at radius 2 is 2.00 bits per heavy atom. The van der Waals surface area contributed by atoms with E-state index in [4.69, 9.17) is 4.52 Å². The Morgan fingerprint density at radius 3 is 2.64 bits per heavy atom. The van der Waals surface area contributed by atoms with E-state index in [9.17, 15) is 10.1 Å². The Morgan fingerprint density at radius 1 is 1.20 bits per heavy atom. The second kappa shape index (κ2) is 6.31. The lowest BCUT2D eigenvalue weighted by Crippen LogP contribution is -2.26. The van der Waals surface area contributed by atoms with Crippen LogP contribution in [-0.4, -0.2) is 25.6 Å². The monoisotopic (exact) mass is 339 g/mol. The van der Waals surface area contributed by atoms with Crippen LogP contribution in [0, 0.1) is 10.1 Å². The van der Waals surface area contributed by atoms with Gasteiger partial charge in [-0.3, -0.25) is 15.1 Å². The van der Waals surface area contributed by atoms with E-state index in [0.717, 1.165) is 0 Å². The van der Waals surface area contributed by atoms with E-state index >= 15 is 0 Å². The molecule has 128 valence electrons. The number of nitro groups is 1. The van der Waals surface area contributed by atoms with Crippen LogP contribution in [0.25, 0.3) is 22.8 Å². The van der Waals surface area contributed by atoms with Crippen molar-refractivity contribution in [2.75, 3.05) is 5.32 Å². The van der Waals surface area contributed by atoms with Crippen molar-refractivity contribution in [2.24, 2.45) is 0 Å². The Bertz CT molecular complexity index is 900. The quantitative estimate of drug-likeness (QED) is 0.567. The third kappa shape index (κ3) is 3.79. The first kappa shape index (κ1) is 16.6. The van der Waals surface area contributed by atoms with Gasteiger partial charge in [0, 0.05) is 35.1 Å². The second-order valence-corrected chi connectivity index (χ2v) is 6.53. The average Bonchev–Trinajstić information content (AvgIpc) is 3.04. The lowest BCUT2D eigenvalue weighted by Gasteiger charge is -2.21. The maximum atomic E-state index is 11.4. The van der Waals surface area contributed by atoms with E-state index in [1.165, 1.54) is 6.07 Å². The number of hydrogen-bond donors (Lipinski definition) is 1. The zero-order chi connectivity index (χ0) is 18.0. The molecule has 2 aromatic heterocycles. The molecule has 1 aromatic carbocycles. The Balaban J connectivity index is 1.97. The molecule has 0 spiro atoms. The van der Waals surface area contributed by atoms with Crippen molar-refractivity contribution in [1.82, 2.24) is 15.1 Å². The molecule has 0 aliphatic heterocycles. The molecule has 0 aliphatic rings. The molecule has 0 fully saturated rings. The molecule has 3 rings (SSSR count). The summed E-state index contributed by atoms with van der Waals surface area (Å²) in [5.74, 6) is 0.590. The Hall–Kier alpha value is -3.29. The maximum absolute atomic E-state index is 11.4. The van der Waals surface area contributed by atoms with Gasteiger partial charge in [-0.1, -0.05) is 5.16 Å². The van der Waals surface area contributed by atoms with Gasteiger partial charge in [0.15, 0.2) is 0 Å². The van der Waals surface area contributed by atoms with Crippen LogP contribution >= 0.6 is 0 Å². The summed E-state index contributed by atoms with van der Waals surface area (Å²) in [4.78, 5) is 19.3.